The standard InChI is InChI=1S/C13H18O3/c1-2-15-10-8-12(14)9-11-16-13-6-4-3-5-7-13/h3-7H,2,8-11H2,1H3. The van der Waals surface area contributed by atoms with Gasteiger partial charge in [-0.3, -0.25) is 4.79 Å². The summed E-state index contributed by atoms with van der Waals surface area (Å²) in [6, 6.07) is 9.51. The quantitative estimate of drug-likeness (QED) is 0.634. The molecule has 0 aliphatic rings. The average Bonchev–Trinajstić information content (AvgIpc) is 2.31. The molecule has 0 amide bonds. The van der Waals surface area contributed by atoms with Crippen molar-refractivity contribution in [3.05, 3.63) is 30.3 Å². The summed E-state index contributed by atoms with van der Waals surface area (Å²) < 4.78 is 10.5. The second-order valence-corrected chi connectivity index (χ2v) is 3.40. The Hall–Kier alpha value is -1.35. The molecule has 1 aromatic rings. The van der Waals surface area contributed by atoms with Gasteiger partial charge in [0.2, 0.25) is 0 Å². The molecule has 0 spiro atoms. The largest absolute Gasteiger partial charge is 0.493 e. The lowest BCUT2D eigenvalue weighted by molar-refractivity contribution is -0.120. The van der Waals surface area contributed by atoms with Crippen LogP contribution in [0, 0.1) is 0 Å². The number of benzene rings is 1. The Kier molecular flexibility index (Phi) is 6.26. The third kappa shape index (κ3) is 5.51. The zero-order chi connectivity index (χ0) is 11.6. The van der Waals surface area contributed by atoms with E-state index in [-0.39, 0.29) is 5.78 Å². The molecule has 88 valence electrons. The van der Waals surface area contributed by atoms with Gasteiger partial charge in [-0.2, -0.15) is 0 Å². The number of Topliss-reactive ketones (excluding diaryl/α,β-unsaturated/α-hetero) is 1. The van der Waals surface area contributed by atoms with Crippen molar-refractivity contribution in [3.8, 4) is 5.75 Å². The van der Waals surface area contributed by atoms with Gasteiger partial charge in [0.05, 0.1) is 13.2 Å². The van der Waals surface area contributed by atoms with Gasteiger partial charge in [0.1, 0.15) is 11.5 Å². The zero-order valence-electron chi connectivity index (χ0n) is 9.65. The van der Waals surface area contributed by atoms with Gasteiger partial charge in [-0.15, -0.1) is 0 Å². The highest BCUT2D eigenvalue weighted by molar-refractivity contribution is 5.78. The zero-order valence-corrected chi connectivity index (χ0v) is 9.65. The molecule has 0 heterocycles. The van der Waals surface area contributed by atoms with Crippen molar-refractivity contribution in [1.29, 1.82) is 0 Å². The van der Waals surface area contributed by atoms with Crippen molar-refractivity contribution in [1.82, 2.24) is 0 Å². The Morgan fingerprint density at radius 1 is 1.12 bits per heavy atom. The van der Waals surface area contributed by atoms with Crippen LogP contribution in [0.1, 0.15) is 19.8 Å². The summed E-state index contributed by atoms with van der Waals surface area (Å²) in [5, 5.41) is 0. The van der Waals surface area contributed by atoms with Crippen LogP contribution in [0.2, 0.25) is 0 Å². The van der Waals surface area contributed by atoms with Crippen LogP contribution >= 0.6 is 0 Å². The summed E-state index contributed by atoms with van der Waals surface area (Å²) in [4.78, 5) is 11.3. The number of para-hydroxylation sites is 1. The maximum Gasteiger partial charge on any atom is 0.138 e. The minimum absolute atomic E-state index is 0.185. The monoisotopic (exact) mass is 222 g/mol. The predicted octanol–water partition coefficient (Wildman–Crippen LogP) is 2.45. The molecule has 0 bridgehead atoms. The Morgan fingerprint density at radius 2 is 1.81 bits per heavy atom. The molecule has 0 N–H and O–H groups in total. The van der Waals surface area contributed by atoms with Crippen molar-refractivity contribution >= 4 is 5.78 Å². The number of ether oxygens (including phenoxy) is 2. The molecule has 0 unspecified atom stereocenters. The normalized spacial score (nSPS) is 10.1. The third-order valence-corrected chi connectivity index (χ3v) is 2.12. The minimum atomic E-state index is 0.185. The van der Waals surface area contributed by atoms with E-state index in [1.54, 1.807) is 0 Å². The first kappa shape index (κ1) is 12.7. The highest BCUT2D eigenvalue weighted by atomic mass is 16.5. The number of carbonyl (C=O) groups excluding carboxylic acids is 1. The SMILES string of the molecule is CCOCCC(=O)CCOc1ccccc1. The Balaban J connectivity index is 2.09. The molecule has 0 radical (unpaired) electrons. The maximum absolute atomic E-state index is 11.3. The molecule has 0 fully saturated rings. The fourth-order valence-corrected chi connectivity index (χ4v) is 1.25. The molecule has 3 heteroatoms. The van der Waals surface area contributed by atoms with E-state index in [2.05, 4.69) is 0 Å². The van der Waals surface area contributed by atoms with E-state index >= 15 is 0 Å². The first-order chi connectivity index (χ1) is 7.83. The van der Waals surface area contributed by atoms with Crippen LogP contribution in [0.4, 0.5) is 0 Å². The topological polar surface area (TPSA) is 35.5 Å². The van der Waals surface area contributed by atoms with Gasteiger partial charge in [-0.1, -0.05) is 18.2 Å². The van der Waals surface area contributed by atoms with Gasteiger partial charge in [-0.05, 0) is 19.1 Å². The average molecular weight is 222 g/mol. The van der Waals surface area contributed by atoms with Crippen molar-refractivity contribution in [2.24, 2.45) is 0 Å². The molecule has 0 atom stereocenters. The highest BCUT2D eigenvalue weighted by Crippen LogP contribution is 2.08. The van der Waals surface area contributed by atoms with Crippen molar-refractivity contribution in [2.75, 3.05) is 19.8 Å². The van der Waals surface area contributed by atoms with E-state index in [1.165, 1.54) is 0 Å². The molecule has 0 aromatic heterocycles. The van der Waals surface area contributed by atoms with E-state index in [0.717, 1.165) is 5.75 Å². The first-order valence-corrected chi connectivity index (χ1v) is 5.60. The van der Waals surface area contributed by atoms with Gasteiger partial charge in [-0.25, -0.2) is 0 Å². The summed E-state index contributed by atoms with van der Waals surface area (Å²) in [6.07, 6.45) is 0.925. The fraction of sp³-hybridized carbons (Fsp3) is 0.462. The maximum atomic E-state index is 11.3. The van der Waals surface area contributed by atoms with Gasteiger partial charge in [0, 0.05) is 19.4 Å². The van der Waals surface area contributed by atoms with Crippen LogP contribution in [0.3, 0.4) is 0 Å². The lowest BCUT2D eigenvalue weighted by atomic mass is 10.2. The van der Waals surface area contributed by atoms with E-state index in [4.69, 9.17) is 9.47 Å². The third-order valence-electron chi connectivity index (χ3n) is 2.12. The van der Waals surface area contributed by atoms with Gasteiger partial charge in [0.25, 0.3) is 0 Å². The first-order valence-electron chi connectivity index (χ1n) is 5.60. The summed E-state index contributed by atoms with van der Waals surface area (Å²) >= 11 is 0. The van der Waals surface area contributed by atoms with E-state index in [1.807, 2.05) is 37.3 Å². The number of hydrogen-bond acceptors (Lipinski definition) is 3. The lowest BCUT2D eigenvalue weighted by Gasteiger charge is -2.05. The number of ketones is 1. The number of carbonyl (C=O) groups is 1. The molecule has 3 nitrogen and oxygen atoms in total. The molecule has 16 heavy (non-hydrogen) atoms. The molecule has 0 saturated carbocycles. The minimum Gasteiger partial charge on any atom is -0.493 e. The van der Waals surface area contributed by atoms with E-state index in [9.17, 15) is 4.79 Å². The van der Waals surface area contributed by atoms with Crippen molar-refractivity contribution in [3.63, 3.8) is 0 Å². The Labute approximate surface area is 96.4 Å². The van der Waals surface area contributed by atoms with Crippen LogP contribution < -0.4 is 4.74 Å². The Morgan fingerprint density at radius 3 is 2.50 bits per heavy atom. The number of rotatable bonds is 8. The second-order valence-electron chi connectivity index (χ2n) is 3.40. The molecule has 0 aliphatic heterocycles. The molecular weight excluding hydrogens is 204 g/mol. The lowest BCUT2D eigenvalue weighted by Crippen LogP contribution is -2.09. The van der Waals surface area contributed by atoms with Crippen molar-refractivity contribution in [2.45, 2.75) is 19.8 Å². The van der Waals surface area contributed by atoms with Crippen LogP contribution in [0.5, 0.6) is 5.75 Å². The molecule has 0 saturated heterocycles. The van der Waals surface area contributed by atoms with Crippen molar-refractivity contribution < 1.29 is 14.3 Å². The van der Waals surface area contributed by atoms with Gasteiger partial charge < -0.3 is 9.47 Å². The summed E-state index contributed by atoms with van der Waals surface area (Å²) in [5.41, 5.74) is 0. The smallest absolute Gasteiger partial charge is 0.138 e. The van der Waals surface area contributed by atoms with Gasteiger partial charge >= 0.3 is 0 Å². The molecular formula is C13H18O3. The van der Waals surface area contributed by atoms with E-state index < -0.39 is 0 Å². The molecule has 1 rings (SSSR count). The summed E-state index contributed by atoms with van der Waals surface area (Å²) in [5.74, 6) is 0.990. The molecule has 1 aromatic carbocycles. The van der Waals surface area contributed by atoms with Crippen LogP contribution in [-0.2, 0) is 9.53 Å². The van der Waals surface area contributed by atoms with Gasteiger partial charge in [0.15, 0.2) is 0 Å². The highest BCUT2D eigenvalue weighted by Gasteiger charge is 2.02. The molecule has 0 aliphatic carbocycles. The van der Waals surface area contributed by atoms with Crippen LogP contribution in [-0.4, -0.2) is 25.6 Å². The predicted molar refractivity (Wildman–Crippen MR) is 62.7 cm³/mol. The van der Waals surface area contributed by atoms with E-state index in [0.29, 0.717) is 32.7 Å². The summed E-state index contributed by atoms with van der Waals surface area (Å²) in [6.45, 7) is 3.53. The Bertz CT molecular complexity index is 295. The van der Waals surface area contributed by atoms with Crippen LogP contribution in [0.25, 0.3) is 0 Å². The summed E-state index contributed by atoms with van der Waals surface area (Å²) in [7, 11) is 0. The van der Waals surface area contributed by atoms with Crippen LogP contribution in [0.15, 0.2) is 30.3 Å². The second kappa shape index (κ2) is 7.88. The number of hydrogen-bond donors (Lipinski definition) is 0. The fourth-order valence-electron chi connectivity index (χ4n) is 1.25.